The highest BCUT2D eigenvalue weighted by molar-refractivity contribution is 5.99. The van der Waals surface area contributed by atoms with Gasteiger partial charge in [0, 0.05) is 55.7 Å². The van der Waals surface area contributed by atoms with Crippen LogP contribution in [0.25, 0.3) is 16.9 Å². The lowest BCUT2D eigenvalue weighted by Crippen LogP contribution is -2.42. The first kappa shape index (κ1) is 28.8. The molecule has 0 aliphatic carbocycles. The zero-order valence-electron chi connectivity index (χ0n) is 22.9. The number of anilines is 1. The van der Waals surface area contributed by atoms with Crippen LogP contribution in [0.2, 0.25) is 0 Å². The Balaban J connectivity index is 1.83. The number of aromatic nitrogens is 3. The maximum absolute atomic E-state index is 14.2. The van der Waals surface area contributed by atoms with E-state index in [1.807, 2.05) is 50.6 Å². The molecule has 11 heteroatoms. The number of alkyl halides is 1. The van der Waals surface area contributed by atoms with E-state index in [1.54, 1.807) is 17.2 Å². The normalized spacial score (nSPS) is 12.4. The molecule has 0 saturated heterocycles. The van der Waals surface area contributed by atoms with Gasteiger partial charge in [0.05, 0.1) is 23.4 Å². The van der Waals surface area contributed by atoms with Crippen molar-refractivity contribution in [2.75, 3.05) is 25.0 Å². The molecule has 0 aliphatic rings. The van der Waals surface area contributed by atoms with Gasteiger partial charge in [0.25, 0.3) is 5.91 Å². The van der Waals surface area contributed by atoms with Crippen molar-refractivity contribution < 1.29 is 19.1 Å². The van der Waals surface area contributed by atoms with Gasteiger partial charge in [0.15, 0.2) is 0 Å². The largest absolute Gasteiger partial charge is 0.387 e. The number of nitrogens with one attached hydrogen (secondary N) is 3. The molecular formula is C27H38FN7O3. The summed E-state index contributed by atoms with van der Waals surface area (Å²) in [6.07, 6.45) is 3.38. The monoisotopic (exact) mass is 527 g/mol. The van der Waals surface area contributed by atoms with Gasteiger partial charge >= 0.3 is 6.03 Å². The molecule has 3 aromatic rings. The molecule has 1 atom stereocenters. The Hall–Kier alpha value is -3.73. The number of fused-ring (bicyclic) bond motifs is 1. The Labute approximate surface area is 222 Å². The summed E-state index contributed by atoms with van der Waals surface area (Å²) < 4.78 is 16.0. The Morgan fingerprint density at radius 2 is 1.84 bits per heavy atom. The molecule has 4 N–H and O–H groups in total. The number of hydrogen-bond donors (Lipinski definition) is 4. The van der Waals surface area contributed by atoms with Gasteiger partial charge in [0.2, 0.25) is 0 Å². The second-order valence-corrected chi connectivity index (χ2v) is 9.99. The van der Waals surface area contributed by atoms with E-state index < -0.39 is 17.7 Å². The molecule has 0 aliphatic heterocycles. The molecule has 38 heavy (non-hydrogen) atoms. The van der Waals surface area contributed by atoms with Crippen LogP contribution in [0.5, 0.6) is 0 Å². The third-order valence-corrected chi connectivity index (χ3v) is 6.11. The van der Waals surface area contributed by atoms with Crippen LogP contribution < -0.4 is 16.0 Å². The van der Waals surface area contributed by atoms with E-state index in [2.05, 4.69) is 25.9 Å². The molecule has 3 amide bonds. The summed E-state index contributed by atoms with van der Waals surface area (Å²) >= 11 is 0. The molecule has 10 nitrogen and oxygen atoms in total. The van der Waals surface area contributed by atoms with Crippen LogP contribution in [0.15, 0.2) is 36.8 Å². The predicted octanol–water partition coefficient (Wildman–Crippen LogP) is 3.63. The van der Waals surface area contributed by atoms with Crippen molar-refractivity contribution in [2.45, 2.75) is 65.9 Å². The molecule has 206 valence electrons. The van der Waals surface area contributed by atoms with Crippen LogP contribution >= 0.6 is 0 Å². The lowest BCUT2D eigenvalue weighted by Gasteiger charge is -2.23. The van der Waals surface area contributed by atoms with Crippen molar-refractivity contribution >= 4 is 28.7 Å². The average Bonchev–Trinajstić information content (AvgIpc) is 3.29. The lowest BCUT2D eigenvalue weighted by atomic mass is 10.0. The summed E-state index contributed by atoms with van der Waals surface area (Å²) in [5.74, 6) is 0.0561. The van der Waals surface area contributed by atoms with Crippen LogP contribution in [0.1, 0.15) is 57.5 Å². The van der Waals surface area contributed by atoms with Gasteiger partial charge in [-0.1, -0.05) is 0 Å². The van der Waals surface area contributed by atoms with Crippen LogP contribution in [0.4, 0.5) is 14.9 Å². The highest BCUT2D eigenvalue weighted by Crippen LogP contribution is 2.24. The molecule has 3 heterocycles. The molecule has 0 fully saturated rings. The van der Waals surface area contributed by atoms with E-state index in [4.69, 9.17) is 0 Å². The Morgan fingerprint density at radius 3 is 2.47 bits per heavy atom. The van der Waals surface area contributed by atoms with Crippen LogP contribution in [-0.2, 0) is 6.54 Å². The highest BCUT2D eigenvalue weighted by atomic mass is 19.1. The highest BCUT2D eigenvalue weighted by Gasteiger charge is 2.27. The van der Waals surface area contributed by atoms with Crippen molar-refractivity contribution in [3.05, 3.63) is 47.9 Å². The number of rotatable bonds is 11. The second kappa shape index (κ2) is 12.2. The summed E-state index contributed by atoms with van der Waals surface area (Å²) in [5.41, 5.74) is 0.789. The molecule has 0 saturated carbocycles. The first-order valence-corrected chi connectivity index (χ1v) is 12.8. The van der Waals surface area contributed by atoms with E-state index in [1.165, 1.54) is 20.0 Å². The van der Waals surface area contributed by atoms with E-state index >= 15 is 0 Å². The molecule has 0 bridgehead atoms. The quantitative estimate of drug-likeness (QED) is 0.302. The Bertz CT molecular complexity index is 1270. The lowest BCUT2D eigenvalue weighted by molar-refractivity contribution is -0.00177. The topological polar surface area (TPSA) is 124 Å². The summed E-state index contributed by atoms with van der Waals surface area (Å²) in [4.78, 5) is 35.9. The molecule has 3 rings (SSSR count). The van der Waals surface area contributed by atoms with E-state index in [0.29, 0.717) is 36.8 Å². The summed E-state index contributed by atoms with van der Waals surface area (Å²) in [7, 11) is 0. The number of pyridine rings is 2. The molecule has 3 aromatic heterocycles. The zero-order chi connectivity index (χ0) is 28.0. The molecule has 0 radical (unpaired) electrons. The number of carbonyl (C=O) groups is 2. The third-order valence-electron chi connectivity index (χ3n) is 6.11. The number of carbonyl (C=O) groups excluding carboxylic acids is 2. The summed E-state index contributed by atoms with van der Waals surface area (Å²) in [6.45, 7) is 11.8. The van der Waals surface area contributed by atoms with Gasteiger partial charge < -0.3 is 26.0 Å². The van der Waals surface area contributed by atoms with E-state index in [9.17, 15) is 19.1 Å². The fourth-order valence-electron chi connectivity index (χ4n) is 3.87. The smallest absolute Gasteiger partial charge is 0.317 e. The standard InChI is InChI=1S/C27H38FN7O3/c1-7-34(8-2)26(37)32-14-18-11-19-9-10-35(24(19)30-13-18)23-12-21(33-17(3)4)20(15-29-23)25(36)31-16-22(28)27(5,6)38/h9-13,15,17,22,38H,7-8,14,16H2,1-6H3,(H,29,33)(H,31,36)(H,32,37). The fraction of sp³-hybridized carbons (Fsp3) is 0.481. The SMILES string of the molecule is CCN(CC)C(=O)NCc1cnc2c(ccn2-c2cc(NC(C)C)c(C(=O)NCC(F)C(C)(C)O)cn2)c1. The van der Waals surface area contributed by atoms with E-state index in [-0.39, 0.29) is 24.2 Å². The first-order valence-electron chi connectivity index (χ1n) is 12.8. The Morgan fingerprint density at radius 1 is 1.13 bits per heavy atom. The predicted molar refractivity (Wildman–Crippen MR) is 146 cm³/mol. The van der Waals surface area contributed by atoms with Gasteiger partial charge in [-0.25, -0.2) is 19.2 Å². The number of amides is 3. The average molecular weight is 528 g/mol. The minimum atomic E-state index is -1.62. The van der Waals surface area contributed by atoms with Crippen molar-refractivity contribution in [3.63, 3.8) is 0 Å². The minimum absolute atomic E-state index is 0.0238. The number of hydrogen-bond acceptors (Lipinski definition) is 6. The van der Waals surface area contributed by atoms with Crippen molar-refractivity contribution in [1.29, 1.82) is 0 Å². The number of nitrogens with zero attached hydrogens (tertiary/aromatic N) is 4. The third kappa shape index (κ3) is 6.97. The molecular weight excluding hydrogens is 489 g/mol. The summed E-state index contributed by atoms with van der Waals surface area (Å²) in [5, 5.41) is 19.4. The van der Waals surface area contributed by atoms with Gasteiger partial charge in [-0.2, -0.15) is 0 Å². The molecule has 0 aromatic carbocycles. The maximum atomic E-state index is 14.2. The van der Waals surface area contributed by atoms with Crippen molar-refractivity contribution in [3.8, 4) is 5.82 Å². The second-order valence-electron chi connectivity index (χ2n) is 9.99. The summed E-state index contributed by atoms with van der Waals surface area (Å²) in [6, 6.07) is 5.53. The molecule has 0 spiro atoms. The minimum Gasteiger partial charge on any atom is -0.387 e. The number of halogens is 1. The first-order chi connectivity index (χ1) is 17.9. The van der Waals surface area contributed by atoms with Crippen LogP contribution in [-0.4, -0.2) is 73.9 Å². The van der Waals surface area contributed by atoms with Gasteiger partial charge in [-0.05, 0) is 59.2 Å². The van der Waals surface area contributed by atoms with Gasteiger partial charge in [-0.3, -0.25) is 9.36 Å². The number of aliphatic hydroxyl groups is 1. The van der Waals surface area contributed by atoms with Crippen LogP contribution in [0.3, 0.4) is 0 Å². The van der Waals surface area contributed by atoms with Crippen LogP contribution in [0, 0.1) is 0 Å². The van der Waals surface area contributed by atoms with Gasteiger partial charge in [-0.15, -0.1) is 0 Å². The van der Waals surface area contributed by atoms with E-state index in [0.717, 1.165) is 10.9 Å². The maximum Gasteiger partial charge on any atom is 0.317 e. The Kier molecular flexibility index (Phi) is 9.26. The van der Waals surface area contributed by atoms with Crippen molar-refractivity contribution in [2.24, 2.45) is 0 Å². The van der Waals surface area contributed by atoms with Crippen molar-refractivity contribution in [1.82, 2.24) is 30.1 Å². The number of urea groups is 1. The molecule has 1 unspecified atom stereocenters. The zero-order valence-corrected chi connectivity index (χ0v) is 22.9. The fourth-order valence-corrected chi connectivity index (χ4v) is 3.87. The van der Waals surface area contributed by atoms with Gasteiger partial charge in [0.1, 0.15) is 17.6 Å².